The molecule has 4 rings (SSSR count). The molecule has 1 aliphatic heterocycles. The number of hydrogen-bond donors (Lipinski definition) is 2. The second-order valence-electron chi connectivity index (χ2n) is 8.47. The van der Waals surface area contributed by atoms with Crippen LogP contribution in [0.3, 0.4) is 0 Å². The molecule has 196 valence electrons. The number of anilines is 1. The summed E-state index contributed by atoms with van der Waals surface area (Å²) in [6, 6.07) is 16.0. The standard InChI is InChI=1S/C28H25FIN3O5/c1-3-37-24-14-19(12-22(30)26(24)38-16-25(34)31-21-10-8-20(29)9-11-21)13-23-27(35)33(28(36)32-23)15-18-6-4-17(2)5-7-18/h4-14H,3,15-16H2,1-2H3,(H,31,34)(H,32,36)/b23-13+. The second-order valence-corrected chi connectivity index (χ2v) is 9.63. The smallest absolute Gasteiger partial charge is 0.329 e. The number of benzene rings is 3. The minimum atomic E-state index is -0.492. The Hall–Kier alpha value is -3.93. The number of imide groups is 1. The number of nitrogens with zero attached hydrogens (tertiary/aromatic N) is 1. The molecule has 0 unspecified atom stereocenters. The zero-order chi connectivity index (χ0) is 27.2. The summed E-state index contributed by atoms with van der Waals surface area (Å²) in [5, 5.41) is 5.27. The summed E-state index contributed by atoms with van der Waals surface area (Å²) in [6.07, 6.45) is 1.57. The molecule has 3 aromatic rings. The molecule has 38 heavy (non-hydrogen) atoms. The Balaban J connectivity index is 1.48. The summed E-state index contributed by atoms with van der Waals surface area (Å²) in [4.78, 5) is 38.9. The Labute approximate surface area is 232 Å². The van der Waals surface area contributed by atoms with Crippen LogP contribution in [-0.4, -0.2) is 36.0 Å². The number of aryl methyl sites for hydroxylation is 1. The predicted octanol–water partition coefficient (Wildman–Crippen LogP) is 5.25. The lowest BCUT2D eigenvalue weighted by Crippen LogP contribution is -2.30. The molecule has 1 fully saturated rings. The van der Waals surface area contributed by atoms with Gasteiger partial charge in [0, 0.05) is 5.69 Å². The normalized spacial score (nSPS) is 14.0. The van der Waals surface area contributed by atoms with Gasteiger partial charge in [-0.3, -0.25) is 14.5 Å². The highest BCUT2D eigenvalue weighted by Crippen LogP contribution is 2.35. The summed E-state index contributed by atoms with van der Waals surface area (Å²) in [5.74, 6) is -0.501. The second kappa shape index (κ2) is 12.1. The number of urea groups is 1. The van der Waals surface area contributed by atoms with Crippen LogP contribution in [0.5, 0.6) is 11.5 Å². The van der Waals surface area contributed by atoms with Crippen LogP contribution in [0.1, 0.15) is 23.6 Å². The van der Waals surface area contributed by atoms with Gasteiger partial charge in [0.05, 0.1) is 16.7 Å². The van der Waals surface area contributed by atoms with Crippen molar-refractivity contribution in [2.45, 2.75) is 20.4 Å². The molecule has 0 atom stereocenters. The Morgan fingerprint density at radius 3 is 2.47 bits per heavy atom. The van der Waals surface area contributed by atoms with Crippen LogP contribution in [0.15, 0.2) is 66.4 Å². The van der Waals surface area contributed by atoms with Crippen molar-refractivity contribution in [1.82, 2.24) is 10.2 Å². The number of halogens is 2. The maximum absolute atomic E-state index is 13.1. The van der Waals surface area contributed by atoms with Crippen molar-refractivity contribution in [3.63, 3.8) is 0 Å². The largest absolute Gasteiger partial charge is 0.490 e. The van der Waals surface area contributed by atoms with Crippen LogP contribution in [0.4, 0.5) is 14.9 Å². The molecule has 2 N–H and O–H groups in total. The molecule has 0 bridgehead atoms. The van der Waals surface area contributed by atoms with E-state index in [0.717, 1.165) is 16.0 Å². The van der Waals surface area contributed by atoms with Gasteiger partial charge in [0.1, 0.15) is 11.5 Å². The van der Waals surface area contributed by atoms with Crippen LogP contribution in [0, 0.1) is 16.3 Å². The third kappa shape index (κ3) is 6.68. The predicted molar refractivity (Wildman–Crippen MR) is 149 cm³/mol. The zero-order valence-electron chi connectivity index (χ0n) is 20.7. The molecule has 1 heterocycles. The monoisotopic (exact) mass is 629 g/mol. The van der Waals surface area contributed by atoms with Gasteiger partial charge in [0.15, 0.2) is 18.1 Å². The Morgan fingerprint density at radius 1 is 1.08 bits per heavy atom. The highest BCUT2D eigenvalue weighted by molar-refractivity contribution is 14.1. The molecule has 1 aliphatic rings. The van der Waals surface area contributed by atoms with Crippen LogP contribution >= 0.6 is 22.6 Å². The van der Waals surface area contributed by atoms with E-state index in [0.29, 0.717) is 32.9 Å². The van der Waals surface area contributed by atoms with Crippen molar-refractivity contribution in [2.24, 2.45) is 0 Å². The fourth-order valence-corrected chi connectivity index (χ4v) is 4.48. The Bertz CT molecular complexity index is 1390. The molecule has 0 spiro atoms. The molecular weight excluding hydrogens is 604 g/mol. The summed E-state index contributed by atoms with van der Waals surface area (Å²) >= 11 is 2.05. The van der Waals surface area contributed by atoms with Crippen LogP contribution in [0.25, 0.3) is 6.08 Å². The lowest BCUT2D eigenvalue weighted by Gasteiger charge is -2.15. The van der Waals surface area contributed by atoms with Crippen molar-refractivity contribution in [2.75, 3.05) is 18.5 Å². The number of hydrogen-bond acceptors (Lipinski definition) is 5. The number of carbonyl (C=O) groups is 3. The Kier molecular flexibility index (Phi) is 8.62. The third-order valence-corrected chi connectivity index (χ3v) is 6.34. The van der Waals surface area contributed by atoms with E-state index in [-0.39, 0.29) is 18.8 Å². The van der Waals surface area contributed by atoms with Crippen LogP contribution in [-0.2, 0) is 16.1 Å². The van der Waals surface area contributed by atoms with E-state index in [9.17, 15) is 18.8 Å². The zero-order valence-corrected chi connectivity index (χ0v) is 22.9. The van der Waals surface area contributed by atoms with Crippen molar-refractivity contribution in [3.05, 3.63) is 92.4 Å². The van der Waals surface area contributed by atoms with Gasteiger partial charge < -0.3 is 20.1 Å². The van der Waals surface area contributed by atoms with E-state index in [1.807, 2.05) is 38.1 Å². The van der Waals surface area contributed by atoms with Gasteiger partial charge in [-0.1, -0.05) is 29.8 Å². The van der Waals surface area contributed by atoms with Crippen molar-refractivity contribution >= 4 is 52.2 Å². The molecule has 0 saturated carbocycles. The van der Waals surface area contributed by atoms with Gasteiger partial charge in [-0.15, -0.1) is 0 Å². The number of amides is 4. The SMILES string of the molecule is CCOc1cc(/C=C2/NC(=O)N(Cc3ccc(C)cc3)C2=O)cc(I)c1OCC(=O)Nc1ccc(F)cc1. The van der Waals surface area contributed by atoms with Gasteiger partial charge in [-0.25, -0.2) is 9.18 Å². The van der Waals surface area contributed by atoms with E-state index in [2.05, 4.69) is 33.2 Å². The lowest BCUT2D eigenvalue weighted by atomic mass is 10.1. The van der Waals surface area contributed by atoms with Gasteiger partial charge in [-0.2, -0.15) is 0 Å². The van der Waals surface area contributed by atoms with Gasteiger partial charge in [0.2, 0.25) is 0 Å². The van der Waals surface area contributed by atoms with E-state index in [1.165, 1.54) is 24.3 Å². The van der Waals surface area contributed by atoms with Crippen molar-refractivity contribution in [1.29, 1.82) is 0 Å². The van der Waals surface area contributed by atoms with E-state index in [4.69, 9.17) is 9.47 Å². The molecular formula is C28H25FIN3O5. The highest BCUT2D eigenvalue weighted by Gasteiger charge is 2.33. The van der Waals surface area contributed by atoms with Gasteiger partial charge in [-0.05, 0) is 90.0 Å². The topological polar surface area (TPSA) is 97.0 Å². The minimum absolute atomic E-state index is 0.146. The number of carbonyl (C=O) groups excluding carboxylic acids is 3. The average Bonchev–Trinajstić information content (AvgIpc) is 3.13. The quantitative estimate of drug-likeness (QED) is 0.192. The van der Waals surface area contributed by atoms with E-state index in [1.54, 1.807) is 18.2 Å². The maximum atomic E-state index is 13.1. The summed E-state index contributed by atoms with van der Waals surface area (Å²) in [6.45, 7) is 3.99. The summed E-state index contributed by atoms with van der Waals surface area (Å²) in [5.41, 5.74) is 3.14. The molecule has 0 aromatic heterocycles. The van der Waals surface area contributed by atoms with E-state index >= 15 is 0 Å². The summed E-state index contributed by atoms with van der Waals surface area (Å²) in [7, 11) is 0. The van der Waals surface area contributed by atoms with Gasteiger partial charge in [0.25, 0.3) is 11.8 Å². The molecule has 1 saturated heterocycles. The first-order valence-electron chi connectivity index (χ1n) is 11.8. The van der Waals surface area contributed by atoms with Crippen molar-refractivity contribution in [3.8, 4) is 11.5 Å². The third-order valence-electron chi connectivity index (χ3n) is 5.54. The van der Waals surface area contributed by atoms with Crippen LogP contribution < -0.4 is 20.1 Å². The van der Waals surface area contributed by atoms with E-state index < -0.39 is 23.7 Å². The maximum Gasteiger partial charge on any atom is 0.329 e. The van der Waals surface area contributed by atoms with Crippen LogP contribution in [0.2, 0.25) is 0 Å². The lowest BCUT2D eigenvalue weighted by molar-refractivity contribution is -0.123. The van der Waals surface area contributed by atoms with Gasteiger partial charge >= 0.3 is 6.03 Å². The van der Waals surface area contributed by atoms with Crippen molar-refractivity contribution < 1.29 is 28.2 Å². The Morgan fingerprint density at radius 2 is 1.79 bits per heavy atom. The average molecular weight is 629 g/mol. The number of rotatable bonds is 9. The molecule has 0 aliphatic carbocycles. The molecule has 4 amide bonds. The first-order valence-corrected chi connectivity index (χ1v) is 12.9. The molecule has 3 aromatic carbocycles. The number of ether oxygens (including phenoxy) is 2. The first-order chi connectivity index (χ1) is 18.2. The molecule has 10 heteroatoms. The highest BCUT2D eigenvalue weighted by atomic mass is 127. The minimum Gasteiger partial charge on any atom is -0.490 e. The fraction of sp³-hybridized carbons (Fsp3) is 0.179. The molecule has 8 nitrogen and oxygen atoms in total. The number of nitrogens with one attached hydrogen (secondary N) is 2. The fourth-order valence-electron chi connectivity index (χ4n) is 3.70. The molecule has 0 radical (unpaired) electrons. The summed E-state index contributed by atoms with van der Waals surface area (Å²) < 4.78 is 25.2. The first kappa shape index (κ1) is 27.1.